The molecule has 0 bridgehead atoms. The molecule has 0 saturated carbocycles. The first-order valence-corrected chi connectivity index (χ1v) is 7.51. The van der Waals surface area contributed by atoms with Crippen molar-refractivity contribution in [1.82, 2.24) is 9.71 Å². The maximum absolute atomic E-state index is 11.9. The highest BCUT2D eigenvalue weighted by atomic mass is 35.5. The van der Waals surface area contributed by atoms with Gasteiger partial charge in [-0.05, 0) is 32.4 Å². The zero-order chi connectivity index (χ0) is 13.6. The van der Waals surface area contributed by atoms with Crippen LogP contribution in [0.25, 0.3) is 0 Å². The van der Waals surface area contributed by atoms with Gasteiger partial charge >= 0.3 is 0 Å². The standard InChI is InChI=1S/C11H17ClN2O3S/c1-9(2)17-8-4-7-14-18(15,16)10-5-3-6-13-11(10)12/h3,5-6,9,14H,4,7-8H2,1-2H3. The Morgan fingerprint density at radius 3 is 2.83 bits per heavy atom. The average Bonchev–Trinajstić information content (AvgIpc) is 2.28. The molecule has 1 rings (SSSR count). The summed E-state index contributed by atoms with van der Waals surface area (Å²) in [5, 5.41) is -0.0246. The van der Waals surface area contributed by atoms with Crippen LogP contribution in [0.4, 0.5) is 0 Å². The van der Waals surface area contributed by atoms with Crippen LogP contribution in [0.5, 0.6) is 0 Å². The van der Waals surface area contributed by atoms with Crippen molar-refractivity contribution in [2.45, 2.75) is 31.3 Å². The molecule has 0 fully saturated rings. The molecular formula is C11H17ClN2O3S. The fourth-order valence-corrected chi connectivity index (χ4v) is 2.77. The molecule has 7 heteroatoms. The lowest BCUT2D eigenvalue weighted by molar-refractivity contribution is 0.0778. The van der Waals surface area contributed by atoms with Crippen molar-refractivity contribution < 1.29 is 13.2 Å². The largest absolute Gasteiger partial charge is 0.379 e. The van der Waals surface area contributed by atoms with E-state index in [0.29, 0.717) is 19.6 Å². The van der Waals surface area contributed by atoms with Crippen molar-refractivity contribution in [3.8, 4) is 0 Å². The maximum Gasteiger partial charge on any atom is 0.243 e. The van der Waals surface area contributed by atoms with E-state index in [1.165, 1.54) is 18.3 Å². The molecule has 1 aromatic heterocycles. The summed E-state index contributed by atoms with van der Waals surface area (Å²) in [4.78, 5) is 3.73. The zero-order valence-electron chi connectivity index (χ0n) is 10.4. The van der Waals surface area contributed by atoms with Gasteiger partial charge in [0, 0.05) is 19.3 Å². The summed E-state index contributed by atoms with van der Waals surface area (Å²) in [6.45, 7) is 4.68. The lowest BCUT2D eigenvalue weighted by Gasteiger charge is -2.09. The van der Waals surface area contributed by atoms with Crippen LogP contribution in [0, 0.1) is 0 Å². The molecule has 0 aliphatic rings. The van der Waals surface area contributed by atoms with Crippen molar-refractivity contribution >= 4 is 21.6 Å². The first-order valence-electron chi connectivity index (χ1n) is 5.65. The summed E-state index contributed by atoms with van der Waals surface area (Å²) in [6, 6.07) is 2.95. The number of hydrogen-bond acceptors (Lipinski definition) is 4. The Bertz CT molecular complexity index is 477. The molecule has 1 aromatic rings. The SMILES string of the molecule is CC(C)OCCCNS(=O)(=O)c1cccnc1Cl. The van der Waals surface area contributed by atoms with Crippen LogP contribution in [0.2, 0.25) is 5.15 Å². The van der Waals surface area contributed by atoms with Gasteiger partial charge in [0.15, 0.2) is 0 Å². The van der Waals surface area contributed by atoms with E-state index in [1.54, 1.807) is 0 Å². The lowest BCUT2D eigenvalue weighted by atomic mass is 10.4. The van der Waals surface area contributed by atoms with Crippen molar-refractivity contribution in [3.05, 3.63) is 23.5 Å². The van der Waals surface area contributed by atoms with Crippen molar-refractivity contribution in [3.63, 3.8) is 0 Å². The third-order valence-corrected chi connectivity index (χ3v) is 3.98. The van der Waals surface area contributed by atoms with Crippen LogP contribution >= 0.6 is 11.6 Å². The molecular weight excluding hydrogens is 276 g/mol. The summed E-state index contributed by atoms with van der Waals surface area (Å²) >= 11 is 5.74. The highest BCUT2D eigenvalue weighted by molar-refractivity contribution is 7.89. The van der Waals surface area contributed by atoms with Gasteiger partial charge in [0.05, 0.1) is 6.10 Å². The van der Waals surface area contributed by atoms with Crippen LogP contribution in [0.1, 0.15) is 20.3 Å². The van der Waals surface area contributed by atoms with E-state index in [-0.39, 0.29) is 16.2 Å². The number of hydrogen-bond donors (Lipinski definition) is 1. The molecule has 0 aromatic carbocycles. The monoisotopic (exact) mass is 292 g/mol. The third kappa shape index (κ3) is 4.89. The number of halogens is 1. The molecule has 0 aliphatic heterocycles. The topological polar surface area (TPSA) is 68.3 Å². The molecule has 0 amide bonds. The Labute approximate surface area is 113 Å². The van der Waals surface area contributed by atoms with Crippen molar-refractivity contribution in [2.24, 2.45) is 0 Å². The molecule has 18 heavy (non-hydrogen) atoms. The summed E-state index contributed by atoms with van der Waals surface area (Å²) in [7, 11) is -3.59. The van der Waals surface area contributed by atoms with E-state index in [0.717, 1.165) is 0 Å². The van der Waals surface area contributed by atoms with Gasteiger partial charge in [-0.15, -0.1) is 0 Å². The first kappa shape index (κ1) is 15.4. The smallest absolute Gasteiger partial charge is 0.243 e. The van der Waals surface area contributed by atoms with E-state index in [4.69, 9.17) is 16.3 Å². The Balaban J connectivity index is 2.49. The van der Waals surface area contributed by atoms with Gasteiger partial charge in [-0.2, -0.15) is 0 Å². The van der Waals surface area contributed by atoms with Gasteiger partial charge in [-0.1, -0.05) is 11.6 Å². The summed E-state index contributed by atoms with van der Waals surface area (Å²) in [5.41, 5.74) is 0. The Hall–Kier alpha value is -0.690. The fourth-order valence-electron chi connectivity index (χ4n) is 1.25. The van der Waals surface area contributed by atoms with E-state index >= 15 is 0 Å². The van der Waals surface area contributed by atoms with Gasteiger partial charge in [-0.3, -0.25) is 0 Å². The number of ether oxygens (including phenoxy) is 1. The predicted molar refractivity (Wildman–Crippen MR) is 70.1 cm³/mol. The van der Waals surface area contributed by atoms with Crippen LogP contribution in [0.15, 0.2) is 23.2 Å². The highest BCUT2D eigenvalue weighted by Gasteiger charge is 2.17. The number of rotatable bonds is 7. The van der Waals surface area contributed by atoms with Gasteiger partial charge in [0.25, 0.3) is 0 Å². The van der Waals surface area contributed by atoms with E-state index in [1.807, 2.05) is 13.8 Å². The Kier molecular flexibility index (Phi) is 6.01. The third-order valence-electron chi connectivity index (χ3n) is 2.08. The minimum absolute atomic E-state index is 0.00329. The second kappa shape index (κ2) is 7.04. The molecule has 0 atom stereocenters. The second-order valence-electron chi connectivity index (χ2n) is 3.96. The molecule has 0 spiro atoms. The Morgan fingerprint density at radius 2 is 2.22 bits per heavy atom. The molecule has 0 aliphatic carbocycles. The fraction of sp³-hybridized carbons (Fsp3) is 0.545. The summed E-state index contributed by atoms with van der Waals surface area (Å²) in [5.74, 6) is 0. The molecule has 1 heterocycles. The van der Waals surface area contributed by atoms with Gasteiger partial charge < -0.3 is 4.74 Å². The molecule has 0 saturated heterocycles. The normalized spacial score (nSPS) is 12.0. The quantitative estimate of drug-likeness (QED) is 0.615. The van der Waals surface area contributed by atoms with Crippen LogP contribution < -0.4 is 4.72 Å². The van der Waals surface area contributed by atoms with Gasteiger partial charge in [0.1, 0.15) is 10.0 Å². The number of sulfonamides is 1. The van der Waals surface area contributed by atoms with Crippen molar-refractivity contribution in [2.75, 3.05) is 13.2 Å². The minimum atomic E-state index is -3.59. The van der Waals surface area contributed by atoms with E-state index < -0.39 is 10.0 Å². The summed E-state index contributed by atoms with van der Waals surface area (Å²) < 4.78 is 31.5. The van der Waals surface area contributed by atoms with Crippen LogP contribution in [-0.4, -0.2) is 32.7 Å². The van der Waals surface area contributed by atoms with Crippen molar-refractivity contribution in [1.29, 1.82) is 0 Å². The minimum Gasteiger partial charge on any atom is -0.379 e. The van der Waals surface area contributed by atoms with Gasteiger partial charge in [-0.25, -0.2) is 18.1 Å². The summed E-state index contributed by atoms with van der Waals surface area (Å²) in [6.07, 6.45) is 2.20. The predicted octanol–water partition coefficient (Wildman–Crippen LogP) is 1.83. The zero-order valence-corrected chi connectivity index (χ0v) is 12.0. The van der Waals surface area contributed by atoms with E-state index in [2.05, 4.69) is 9.71 Å². The van der Waals surface area contributed by atoms with Crippen LogP contribution in [0.3, 0.4) is 0 Å². The average molecular weight is 293 g/mol. The molecule has 0 radical (unpaired) electrons. The van der Waals surface area contributed by atoms with E-state index in [9.17, 15) is 8.42 Å². The molecule has 5 nitrogen and oxygen atoms in total. The number of nitrogens with one attached hydrogen (secondary N) is 1. The second-order valence-corrected chi connectivity index (χ2v) is 6.06. The highest BCUT2D eigenvalue weighted by Crippen LogP contribution is 2.17. The Morgan fingerprint density at radius 1 is 1.50 bits per heavy atom. The first-order chi connectivity index (χ1) is 8.43. The van der Waals surface area contributed by atoms with Gasteiger partial charge in [0.2, 0.25) is 10.0 Å². The molecule has 0 unspecified atom stereocenters. The number of aromatic nitrogens is 1. The molecule has 1 N–H and O–H groups in total. The molecule has 102 valence electrons. The number of nitrogens with zero attached hydrogens (tertiary/aromatic N) is 1. The maximum atomic E-state index is 11.9. The lowest BCUT2D eigenvalue weighted by Crippen LogP contribution is -2.26. The number of pyridine rings is 1. The van der Waals surface area contributed by atoms with Crippen LogP contribution in [-0.2, 0) is 14.8 Å².